The number of anilines is 2. The van der Waals surface area contributed by atoms with Gasteiger partial charge in [0, 0.05) is 33.0 Å². The van der Waals surface area contributed by atoms with Gasteiger partial charge in [0.1, 0.15) is 9.88 Å². The van der Waals surface area contributed by atoms with Crippen molar-refractivity contribution in [2.24, 2.45) is 0 Å². The van der Waals surface area contributed by atoms with Gasteiger partial charge in [-0.15, -0.1) is 23.1 Å². The van der Waals surface area contributed by atoms with E-state index in [2.05, 4.69) is 15.2 Å². The molecule has 2 rings (SSSR count). The molecule has 0 atom stereocenters. The lowest BCUT2D eigenvalue weighted by Crippen LogP contribution is -2.17. The first-order valence-electron chi connectivity index (χ1n) is 6.36. The van der Waals surface area contributed by atoms with Crippen molar-refractivity contribution >= 4 is 39.7 Å². The summed E-state index contributed by atoms with van der Waals surface area (Å²) in [6.45, 7) is 0.739. The minimum atomic E-state index is -0.142. The standard InChI is InChI=1S/C14H18N4OS2/c1-16-13(19)11-10(15)12(20-3)14(21-11)18(2)8-9-4-6-17-7-5-9/h4-7H,8,15H2,1-3H3,(H,16,19). The van der Waals surface area contributed by atoms with E-state index < -0.39 is 0 Å². The van der Waals surface area contributed by atoms with Gasteiger partial charge in [0.05, 0.1) is 10.6 Å². The molecule has 112 valence electrons. The van der Waals surface area contributed by atoms with E-state index >= 15 is 0 Å². The second-order valence-corrected chi connectivity index (χ2v) is 6.29. The van der Waals surface area contributed by atoms with Gasteiger partial charge in [-0.25, -0.2) is 0 Å². The molecule has 3 N–H and O–H groups in total. The molecule has 0 aliphatic rings. The van der Waals surface area contributed by atoms with Crippen LogP contribution in [0.2, 0.25) is 0 Å². The van der Waals surface area contributed by atoms with E-state index in [1.165, 1.54) is 11.3 Å². The summed E-state index contributed by atoms with van der Waals surface area (Å²) in [6, 6.07) is 3.96. The highest BCUT2D eigenvalue weighted by Crippen LogP contribution is 2.43. The van der Waals surface area contributed by atoms with Crippen LogP contribution < -0.4 is 16.0 Å². The molecule has 0 unspecified atom stereocenters. The number of rotatable bonds is 5. The number of hydrogen-bond donors (Lipinski definition) is 2. The Labute approximate surface area is 132 Å². The maximum atomic E-state index is 11.9. The summed E-state index contributed by atoms with van der Waals surface area (Å²) in [7, 11) is 3.61. The minimum absolute atomic E-state index is 0.142. The van der Waals surface area contributed by atoms with E-state index in [1.807, 2.05) is 25.4 Å². The molecule has 0 saturated carbocycles. The summed E-state index contributed by atoms with van der Waals surface area (Å²) in [5, 5.41) is 3.64. The molecule has 0 aliphatic carbocycles. The summed E-state index contributed by atoms with van der Waals surface area (Å²) >= 11 is 2.98. The minimum Gasteiger partial charge on any atom is -0.396 e. The van der Waals surface area contributed by atoms with Crippen molar-refractivity contribution in [2.75, 3.05) is 31.0 Å². The van der Waals surface area contributed by atoms with Crippen LogP contribution in [0.4, 0.5) is 10.7 Å². The van der Waals surface area contributed by atoms with Crippen LogP contribution in [0.5, 0.6) is 0 Å². The zero-order valence-electron chi connectivity index (χ0n) is 12.2. The molecule has 0 bridgehead atoms. The fraction of sp³-hybridized carbons (Fsp3) is 0.286. The third kappa shape index (κ3) is 3.30. The zero-order chi connectivity index (χ0) is 15.4. The van der Waals surface area contributed by atoms with Crippen LogP contribution >= 0.6 is 23.1 Å². The number of carbonyl (C=O) groups excluding carboxylic acids is 1. The van der Waals surface area contributed by atoms with E-state index in [-0.39, 0.29) is 5.91 Å². The lowest BCUT2D eigenvalue weighted by atomic mass is 10.2. The first kappa shape index (κ1) is 15.7. The predicted molar refractivity (Wildman–Crippen MR) is 90.2 cm³/mol. The Hall–Kier alpha value is -1.73. The van der Waals surface area contributed by atoms with E-state index in [0.29, 0.717) is 10.6 Å². The fourth-order valence-electron chi connectivity index (χ4n) is 1.98. The third-order valence-electron chi connectivity index (χ3n) is 3.04. The molecule has 5 nitrogen and oxygen atoms in total. The van der Waals surface area contributed by atoms with Gasteiger partial charge in [-0.1, -0.05) is 0 Å². The Morgan fingerprint density at radius 1 is 1.48 bits per heavy atom. The van der Waals surface area contributed by atoms with Crippen LogP contribution in [0.3, 0.4) is 0 Å². The molecular formula is C14H18N4OS2. The summed E-state index contributed by atoms with van der Waals surface area (Å²) < 4.78 is 0. The smallest absolute Gasteiger partial charge is 0.263 e. The van der Waals surface area contributed by atoms with Crippen LogP contribution in [0.15, 0.2) is 29.4 Å². The Kier molecular flexibility index (Phi) is 5.08. The lowest BCUT2D eigenvalue weighted by Gasteiger charge is -2.18. The van der Waals surface area contributed by atoms with E-state index in [4.69, 9.17) is 5.73 Å². The Morgan fingerprint density at radius 2 is 2.14 bits per heavy atom. The van der Waals surface area contributed by atoms with E-state index in [0.717, 1.165) is 22.0 Å². The highest BCUT2D eigenvalue weighted by Gasteiger charge is 2.22. The SMILES string of the molecule is CNC(=O)c1sc(N(C)Cc2ccncc2)c(SC)c1N. The molecule has 0 spiro atoms. The average molecular weight is 322 g/mol. The molecule has 2 aromatic rings. The van der Waals surface area contributed by atoms with Crippen molar-refractivity contribution < 1.29 is 4.79 Å². The predicted octanol–water partition coefficient (Wildman–Crippen LogP) is 2.44. The third-order valence-corrected chi connectivity index (χ3v) is 5.30. The van der Waals surface area contributed by atoms with E-state index in [9.17, 15) is 4.79 Å². The number of nitrogens with zero attached hydrogens (tertiary/aromatic N) is 2. The van der Waals surface area contributed by atoms with Crippen molar-refractivity contribution in [1.82, 2.24) is 10.3 Å². The van der Waals surface area contributed by atoms with Crippen LogP contribution in [0.1, 0.15) is 15.2 Å². The number of nitrogens with one attached hydrogen (secondary N) is 1. The normalized spacial score (nSPS) is 10.4. The summed E-state index contributed by atoms with van der Waals surface area (Å²) in [4.78, 5) is 19.5. The van der Waals surface area contributed by atoms with Gasteiger partial charge < -0.3 is 16.0 Å². The number of pyridine rings is 1. The Bertz CT molecular complexity index is 627. The molecule has 0 aliphatic heterocycles. The molecule has 0 radical (unpaired) electrons. The van der Waals surface area contributed by atoms with Crippen molar-refractivity contribution in [3.05, 3.63) is 35.0 Å². The molecule has 0 fully saturated rings. The fourth-order valence-corrected chi connectivity index (χ4v) is 4.10. The molecule has 0 saturated heterocycles. The van der Waals surface area contributed by atoms with Crippen molar-refractivity contribution in [2.45, 2.75) is 11.4 Å². The van der Waals surface area contributed by atoms with Crippen LogP contribution in [-0.2, 0) is 6.54 Å². The summed E-state index contributed by atoms with van der Waals surface area (Å²) in [5.74, 6) is -0.142. The van der Waals surface area contributed by atoms with Gasteiger partial charge >= 0.3 is 0 Å². The summed E-state index contributed by atoms with van der Waals surface area (Å²) in [6.07, 6.45) is 5.52. The number of nitrogens with two attached hydrogens (primary N) is 1. The van der Waals surface area contributed by atoms with Gasteiger partial charge in [-0.05, 0) is 24.0 Å². The first-order chi connectivity index (χ1) is 10.1. The highest BCUT2D eigenvalue weighted by atomic mass is 32.2. The van der Waals surface area contributed by atoms with Gasteiger partial charge in [0.15, 0.2) is 0 Å². The molecule has 21 heavy (non-hydrogen) atoms. The summed E-state index contributed by atoms with van der Waals surface area (Å²) in [5.41, 5.74) is 7.83. The second-order valence-electron chi connectivity index (χ2n) is 4.47. The molecule has 2 heterocycles. The lowest BCUT2D eigenvalue weighted by molar-refractivity contribution is 0.0968. The van der Waals surface area contributed by atoms with Gasteiger partial charge in [-0.3, -0.25) is 9.78 Å². The molecular weight excluding hydrogens is 304 g/mol. The number of thiophene rings is 1. The van der Waals surface area contributed by atoms with Gasteiger partial charge in [0.2, 0.25) is 0 Å². The van der Waals surface area contributed by atoms with Crippen LogP contribution in [-0.4, -0.2) is 31.2 Å². The Balaban J connectivity index is 2.32. The number of thioether (sulfide) groups is 1. The van der Waals surface area contributed by atoms with Crippen molar-refractivity contribution in [3.8, 4) is 0 Å². The number of nitrogen functional groups attached to an aromatic ring is 1. The number of carbonyl (C=O) groups is 1. The molecule has 2 aromatic heterocycles. The molecule has 1 amide bonds. The van der Waals surface area contributed by atoms with Gasteiger partial charge in [0.25, 0.3) is 5.91 Å². The number of aromatic nitrogens is 1. The number of amides is 1. The second kappa shape index (κ2) is 6.82. The van der Waals surface area contributed by atoms with E-state index in [1.54, 1.807) is 31.2 Å². The highest BCUT2D eigenvalue weighted by molar-refractivity contribution is 7.99. The van der Waals surface area contributed by atoms with Crippen molar-refractivity contribution in [1.29, 1.82) is 0 Å². The molecule has 0 aromatic carbocycles. The maximum absolute atomic E-state index is 11.9. The van der Waals surface area contributed by atoms with Crippen LogP contribution in [0, 0.1) is 0 Å². The van der Waals surface area contributed by atoms with Crippen LogP contribution in [0.25, 0.3) is 0 Å². The first-order valence-corrected chi connectivity index (χ1v) is 8.41. The monoisotopic (exact) mass is 322 g/mol. The average Bonchev–Trinajstić information content (AvgIpc) is 2.84. The maximum Gasteiger partial charge on any atom is 0.263 e. The Morgan fingerprint density at radius 3 is 2.71 bits per heavy atom. The zero-order valence-corrected chi connectivity index (χ0v) is 13.8. The van der Waals surface area contributed by atoms with Gasteiger partial charge in [-0.2, -0.15) is 0 Å². The van der Waals surface area contributed by atoms with Crippen molar-refractivity contribution in [3.63, 3.8) is 0 Å². The largest absolute Gasteiger partial charge is 0.396 e. The topological polar surface area (TPSA) is 71.2 Å². The number of hydrogen-bond acceptors (Lipinski definition) is 6. The quantitative estimate of drug-likeness (QED) is 0.827. The molecule has 7 heteroatoms.